The quantitative estimate of drug-likeness (QED) is 0.549. The molecular weight excluding hydrogens is 212 g/mol. The van der Waals surface area contributed by atoms with Crippen molar-refractivity contribution in [2.45, 2.75) is 12.5 Å². The Morgan fingerprint density at radius 2 is 2.06 bits per heavy atom. The lowest BCUT2D eigenvalue weighted by Crippen LogP contribution is -2.21. The van der Waals surface area contributed by atoms with Crippen molar-refractivity contribution in [3.05, 3.63) is 34.4 Å². The van der Waals surface area contributed by atoms with Crippen molar-refractivity contribution in [1.29, 1.82) is 0 Å². The van der Waals surface area contributed by atoms with E-state index in [-0.39, 0.29) is 12.2 Å². The molecule has 0 aliphatic rings. The third-order valence-electron chi connectivity index (χ3n) is 2.04. The molecule has 0 aliphatic carbocycles. The number of aliphatic hydroxyl groups excluding tert-OH is 1. The molecular formula is C10H14N2O4. The van der Waals surface area contributed by atoms with E-state index in [9.17, 15) is 10.1 Å². The third kappa shape index (κ3) is 3.84. The molecule has 0 radical (unpaired) electrons. The molecule has 1 aromatic carbocycles. The SMILES string of the molecule is NCC(O)CCOc1ccc([N+](=O)[O-])cc1. The summed E-state index contributed by atoms with van der Waals surface area (Å²) in [7, 11) is 0. The number of hydrogen-bond donors (Lipinski definition) is 2. The van der Waals surface area contributed by atoms with Crippen LogP contribution in [0.3, 0.4) is 0 Å². The number of nitro groups is 1. The van der Waals surface area contributed by atoms with Crippen molar-refractivity contribution >= 4 is 5.69 Å². The van der Waals surface area contributed by atoms with Crippen LogP contribution >= 0.6 is 0 Å². The molecule has 6 nitrogen and oxygen atoms in total. The summed E-state index contributed by atoms with van der Waals surface area (Å²) in [5.74, 6) is 0.537. The Kier molecular flexibility index (Phi) is 4.68. The highest BCUT2D eigenvalue weighted by atomic mass is 16.6. The molecule has 0 spiro atoms. The second kappa shape index (κ2) is 6.04. The number of aliphatic hydroxyl groups is 1. The predicted molar refractivity (Wildman–Crippen MR) is 58.3 cm³/mol. The van der Waals surface area contributed by atoms with Gasteiger partial charge in [-0.15, -0.1) is 0 Å². The number of rotatable bonds is 6. The van der Waals surface area contributed by atoms with E-state index >= 15 is 0 Å². The minimum Gasteiger partial charge on any atom is -0.493 e. The maximum atomic E-state index is 10.4. The lowest BCUT2D eigenvalue weighted by atomic mass is 10.2. The number of nitrogens with two attached hydrogens (primary N) is 1. The van der Waals surface area contributed by atoms with Gasteiger partial charge in [0.2, 0.25) is 0 Å². The van der Waals surface area contributed by atoms with Crippen LogP contribution in [0.4, 0.5) is 5.69 Å². The number of nitro benzene ring substituents is 1. The molecule has 1 atom stereocenters. The highest BCUT2D eigenvalue weighted by Gasteiger charge is 2.05. The van der Waals surface area contributed by atoms with Gasteiger partial charge >= 0.3 is 0 Å². The standard InChI is InChI=1S/C10H14N2O4/c11-7-9(13)5-6-16-10-3-1-8(2-4-10)12(14)15/h1-4,9,13H,5-7,11H2. The van der Waals surface area contributed by atoms with Gasteiger partial charge in [0, 0.05) is 25.1 Å². The number of nitrogens with zero attached hydrogens (tertiary/aromatic N) is 1. The number of non-ortho nitro benzene ring substituents is 1. The van der Waals surface area contributed by atoms with Crippen molar-refractivity contribution in [2.75, 3.05) is 13.2 Å². The van der Waals surface area contributed by atoms with Gasteiger partial charge in [0.05, 0.1) is 17.6 Å². The molecule has 3 N–H and O–H groups in total. The Morgan fingerprint density at radius 3 is 2.56 bits per heavy atom. The zero-order chi connectivity index (χ0) is 12.0. The van der Waals surface area contributed by atoms with Gasteiger partial charge in [-0.3, -0.25) is 10.1 Å². The highest BCUT2D eigenvalue weighted by Crippen LogP contribution is 2.17. The normalized spacial score (nSPS) is 12.1. The van der Waals surface area contributed by atoms with Gasteiger partial charge in [-0.25, -0.2) is 0 Å². The summed E-state index contributed by atoms with van der Waals surface area (Å²) in [6.45, 7) is 0.528. The Morgan fingerprint density at radius 1 is 1.44 bits per heavy atom. The van der Waals surface area contributed by atoms with Gasteiger partial charge in [-0.05, 0) is 12.1 Å². The van der Waals surface area contributed by atoms with Crippen LogP contribution in [-0.4, -0.2) is 29.3 Å². The summed E-state index contributed by atoms with van der Waals surface area (Å²) in [4.78, 5) is 9.90. The molecule has 1 unspecified atom stereocenters. The number of benzene rings is 1. The van der Waals surface area contributed by atoms with Crippen LogP contribution in [0.1, 0.15) is 6.42 Å². The van der Waals surface area contributed by atoms with E-state index in [2.05, 4.69) is 0 Å². The van der Waals surface area contributed by atoms with Gasteiger partial charge in [0.25, 0.3) is 5.69 Å². The lowest BCUT2D eigenvalue weighted by Gasteiger charge is -2.08. The molecule has 0 aromatic heterocycles. The van der Waals surface area contributed by atoms with Gasteiger partial charge < -0.3 is 15.6 Å². The monoisotopic (exact) mass is 226 g/mol. The molecule has 0 saturated carbocycles. The first kappa shape index (κ1) is 12.4. The maximum absolute atomic E-state index is 10.4. The summed E-state index contributed by atoms with van der Waals surface area (Å²) in [6.07, 6.45) is -0.133. The van der Waals surface area contributed by atoms with Gasteiger partial charge in [0.15, 0.2) is 0 Å². The van der Waals surface area contributed by atoms with Crippen molar-refractivity contribution in [3.8, 4) is 5.75 Å². The number of hydrogen-bond acceptors (Lipinski definition) is 5. The van der Waals surface area contributed by atoms with Crippen LogP contribution in [0.5, 0.6) is 5.75 Å². The van der Waals surface area contributed by atoms with Crippen LogP contribution in [0, 0.1) is 10.1 Å². The number of ether oxygens (including phenoxy) is 1. The molecule has 16 heavy (non-hydrogen) atoms. The smallest absolute Gasteiger partial charge is 0.269 e. The molecule has 0 saturated heterocycles. The average Bonchev–Trinajstić information content (AvgIpc) is 2.29. The van der Waals surface area contributed by atoms with Gasteiger partial charge in [-0.2, -0.15) is 0 Å². The maximum Gasteiger partial charge on any atom is 0.269 e. The van der Waals surface area contributed by atoms with Crippen LogP contribution < -0.4 is 10.5 Å². The topological polar surface area (TPSA) is 98.6 Å². The van der Waals surface area contributed by atoms with Gasteiger partial charge in [0.1, 0.15) is 5.75 Å². The summed E-state index contributed by atoms with van der Waals surface area (Å²) in [6, 6.07) is 5.78. The fourth-order valence-corrected chi connectivity index (χ4v) is 1.09. The minimum atomic E-state index is -0.571. The zero-order valence-corrected chi connectivity index (χ0v) is 8.70. The Labute approximate surface area is 92.8 Å². The predicted octanol–water partition coefficient (Wildman–Crippen LogP) is 0.683. The van der Waals surface area contributed by atoms with E-state index in [4.69, 9.17) is 15.6 Å². The van der Waals surface area contributed by atoms with E-state index in [0.29, 0.717) is 18.8 Å². The first-order chi connectivity index (χ1) is 7.63. The van der Waals surface area contributed by atoms with E-state index in [1.807, 2.05) is 0 Å². The highest BCUT2D eigenvalue weighted by molar-refractivity contribution is 5.35. The largest absolute Gasteiger partial charge is 0.493 e. The first-order valence-electron chi connectivity index (χ1n) is 4.89. The van der Waals surface area contributed by atoms with E-state index in [1.54, 1.807) is 0 Å². The van der Waals surface area contributed by atoms with Crippen LogP contribution in [0.15, 0.2) is 24.3 Å². The van der Waals surface area contributed by atoms with E-state index in [0.717, 1.165) is 0 Å². The molecule has 0 heterocycles. The Bertz CT molecular complexity index is 339. The van der Waals surface area contributed by atoms with E-state index < -0.39 is 11.0 Å². The molecule has 0 aliphatic heterocycles. The van der Waals surface area contributed by atoms with Crippen molar-refractivity contribution in [1.82, 2.24) is 0 Å². The Balaban J connectivity index is 2.40. The molecule has 0 bridgehead atoms. The second-order valence-corrected chi connectivity index (χ2v) is 3.28. The Hall–Kier alpha value is -1.66. The van der Waals surface area contributed by atoms with Crippen LogP contribution in [-0.2, 0) is 0 Å². The molecule has 0 amide bonds. The summed E-state index contributed by atoms with van der Waals surface area (Å²) < 4.78 is 5.28. The molecule has 6 heteroatoms. The van der Waals surface area contributed by atoms with Crippen molar-refractivity contribution in [3.63, 3.8) is 0 Å². The fraction of sp³-hybridized carbons (Fsp3) is 0.400. The van der Waals surface area contributed by atoms with Gasteiger partial charge in [-0.1, -0.05) is 0 Å². The average molecular weight is 226 g/mol. The van der Waals surface area contributed by atoms with Crippen molar-refractivity contribution < 1.29 is 14.8 Å². The molecule has 88 valence electrons. The summed E-state index contributed by atoms with van der Waals surface area (Å²) in [5, 5.41) is 19.5. The summed E-state index contributed by atoms with van der Waals surface area (Å²) >= 11 is 0. The fourth-order valence-electron chi connectivity index (χ4n) is 1.09. The van der Waals surface area contributed by atoms with Crippen LogP contribution in [0.25, 0.3) is 0 Å². The summed E-state index contributed by atoms with van der Waals surface area (Å²) in [5.41, 5.74) is 5.25. The first-order valence-corrected chi connectivity index (χ1v) is 4.89. The minimum absolute atomic E-state index is 0.0225. The molecule has 1 rings (SSSR count). The third-order valence-corrected chi connectivity index (χ3v) is 2.04. The molecule has 0 fully saturated rings. The zero-order valence-electron chi connectivity index (χ0n) is 8.70. The van der Waals surface area contributed by atoms with Crippen LogP contribution in [0.2, 0.25) is 0 Å². The second-order valence-electron chi connectivity index (χ2n) is 3.28. The lowest BCUT2D eigenvalue weighted by molar-refractivity contribution is -0.384. The molecule has 1 aromatic rings. The van der Waals surface area contributed by atoms with Crippen molar-refractivity contribution in [2.24, 2.45) is 5.73 Å². The van der Waals surface area contributed by atoms with E-state index in [1.165, 1.54) is 24.3 Å².